The van der Waals surface area contributed by atoms with Gasteiger partial charge in [-0.2, -0.15) is 11.8 Å². The standard InChI is InChI=1S/C17H21NO4S/c1-17(2,22)10-8-12-4-6-13(7-5-12)15(19)18-14(16(20)21)9-11-23-3/h4-7,14,22H,9,11H2,1-3H3,(H,18,19)(H,20,21)/p-1/t14-/m0/s1. The van der Waals surface area contributed by atoms with Gasteiger partial charge in [-0.05, 0) is 56.5 Å². The monoisotopic (exact) mass is 334 g/mol. The average Bonchev–Trinajstić information content (AvgIpc) is 2.48. The van der Waals surface area contributed by atoms with Crippen LogP contribution in [0, 0.1) is 11.8 Å². The highest BCUT2D eigenvalue weighted by molar-refractivity contribution is 7.98. The van der Waals surface area contributed by atoms with Crippen molar-refractivity contribution in [2.24, 2.45) is 0 Å². The molecule has 2 N–H and O–H groups in total. The van der Waals surface area contributed by atoms with E-state index in [9.17, 15) is 19.8 Å². The van der Waals surface area contributed by atoms with Gasteiger partial charge in [-0.15, -0.1) is 0 Å². The van der Waals surface area contributed by atoms with Crippen LogP contribution in [0.2, 0.25) is 0 Å². The van der Waals surface area contributed by atoms with E-state index in [0.717, 1.165) is 0 Å². The van der Waals surface area contributed by atoms with Crippen molar-refractivity contribution in [3.8, 4) is 11.8 Å². The van der Waals surface area contributed by atoms with Gasteiger partial charge in [-0.25, -0.2) is 0 Å². The van der Waals surface area contributed by atoms with Crippen LogP contribution in [0.15, 0.2) is 24.3 Å². The van der Waals surface area contributed by atoms with Crippen LogP contribution in [0.25, 0.3) is 0 Å². The molecular formula is C17H20NO4S-. The van der Waals surface area contributed by atoms with Gasteiger partial charge in [-0.3, -0.25) is 4.79 Å². The number of hydrogen-bond acceptors (Lipinski definition) is 5. The first-order valence-electron chi connectivity index (χ1n) is 7.09. The van der Waals surface area contributed by atoms with Gasteiger partial charge in [0, 0.05) is 11.1 Å². The molecule has 5 nitrogen and oxygen atoms in total. The zero-order valence-corrected chi connectivity index (χ0v) is 14.2. The molecule has 0 bridgehead atoms. The molecule has 23 heavy (non-hydrogen) atoms. The summed E-state index contributed by atoms with van der Waals surface area (Å²) in [6, 6.07) is 5.40. The van der Waals surface area contributed by atoms with E-state index in [-0.39, 0.29) is 0 Å². The maximum absolute atomic E-state index is 12.1. The summed E-state index contributed by atoms with van der Waals surface area (Å²) in [6.07, 6.45) is 2.17. The SMILES string of the molecule is CSCC[C@H](NC(=O)c1ccc(C#CC(C)(C)O)cc1)C(=O)[O-]. The molecule has 124 valence electrons. The molecule has 0 aliphatic heterocycles. The molecule has 0 fully saturated rings. The number of carbonyl (C=O) groups excluding carboxylic acids is 2. The predicted molar refractivity (Wildman–Crippen MR) is 88.9 cm³/mol. The van der Waals surface area contributed by atoms with Crippen molar-refractivity contribution in [1.29, 1.82) is 0 Å². The summed E-state index contributed by atoms with van der Waals surface area (Å²) in [6.45, 7) is 3.16. The fraction of sp³-hybridized carbons (Fsp3) is 0.412. The van der Waals surface area contributed by atoms with Crippen molar-refractivity contribution in [3.05, 3.63) is 35.4 Å². The Morgan fingerprint density at radius 2 is 1.96 bits per heavy atom. The van der Waals surface area contributed by atoms with E-state index in [2.05, 4.69) is 17.2 Å². The van der Waals surface area contributed by atoms with Crippen molar-refractivity contribution in [1.82, 2.24) is 5.32 Å². The maximum atomic E-state index is 12.1. The first-order chi connectivity index (χ1) is 10.7. The first-order valence-corrected chi connectivity index (χ1v) is 8.48. The number of hydrogen-bond donors (Lipinski definition) is 2. The summed E-state index contributed by atoms with van der Waals surface area (Å²) in [7, 11) is 0. The Morgan fingerprint density at radius 3 is 2.43 bits per heavy atom. The number of rotatable bonds is 6. The van der Waals surface area contributed by atoms with Gasteiger partial charge < -0.3 is 20.3 Å². The Bertz CT molecular complexity index is 608. The van der Waals surface area contributed by atoms with Crippen LogP contribution in [0.3, 0.4) is 0 Å². The van der Waals surface area contributed by atoms with Gasteiger partial charge >= 0.3 is 0 Å². The van der Waals surface area contributed by atoms with Crippen LogP contribution >= 0.6 is 11.8 Å². The summed E-state index contributed by atoms with van der Waals surface area (Å²) in [5.74, 6) is 4.33. The van der Waals surface area contributed by atoms with Crippen molar-refractivity contribution in [2.45, 2.75) is 31.9 Å². The lowest BCUT2D eigenvalue weighted by atomic mass is 10.1. The smallest absolute Gasteiger partial charge is 0.251 e. The largest absolute Gasteiger partial charge is 0.548 e. The van der Waals surface area contributed by atoms with E-state index in [4.69, 9.17) is 0 Å². The molecule has 1 aromatic carbocycles. The number of carboxylic acids is 1. The molecule has 0 aliphatic carbocycles. The minimum absolute atomic E-state index is 0.310. The number of carbonyl (C=O) groups is 2. The fourth-order valence-corrected chi connectivity index (χ4v) is 2.13. The molecule has 0 aromatic heterocycles. The summed E-state index contributed by atoms with van der Waals surface area (Å²) < 4.78 is 0. The molecule has 1 amide bonds. The lowest BCUT2D eigenvalue weighted by molar-refractivity contribution is -0.308. The molecule has 0 aliphatic rings. The number of benzene rings is 1. The van der Waals surface area contributed by atoms with E-state index in [1.165, 1.54) is 11.8 Å². The number of aliphatic carboxylic acids is 1. The minimum atomic E-state index is -1.29. The topological polar surface area (TPSA) is 89.5 Å². The van der Waals surface area contributed by atoms with Gasteiger partial charge in [0.05, 0.1) is 12.0 Å². The zero-order chi connectivity index (χ0) is 17.5. The van der Waals surface area contributed by atoms with Gasteiger partial charge in [-0.1, -0.05) is 11.8 Å². The second-order valence-electron chi connectivity index (χ2n) is 5.51. The predicted octanol–water partition coefficient (Wildman–Crippen LogP) is 0.410. The Balaban J connectivity index is 2.76. The molecule has 0 unspecified atom stereocenters. The Morgan fingerprint density at radius 1 is 1.35 bits per heavy atom. The van der Waals surface area contributed by atoms with Crippen molar-refractivity contribution in [2.75, 3.05) is 12.0 Å². The normalized spacial score (nSPS) is 12.0. The molecular weight excluding hydrogens is 314 g/mol. The average molecular weight is 334 g/mol. The third-order valence-corrected chi connectivity index (χ3v) is 3.50. The molecule has 0 saturated carbocycles. The van der Waals surface area contributed by atoms with Gasteiger partial charge in [0.25, 0.3) is 5.91 Å². The number of carboxylic acid groups (broad SMARTS) is 1. The van der Waals surface area contributed by atoms with Crippen LogP contribution in [-0.4, -0.2) is 40.6 Å². The Kier molecular flexibility index (Phi) is 7.14. The van der Waals surface area contributed by atoms with Crippen molar-refractivity contribution < 1.29 is 19.8 Å². The third-order valence-electron chi connectivity index (χ3n) is 2.86. The minimum Gasteiger partial charge on any atom is -0.548 e. The van der Waals surface area contributed by atoms with Crippen LogP contribution < -0.4 is 10.4 Å². The van der Waals surface area contributed by atoms with Crippen molar-refractivity contribution >= 4 is 23.6 Å². The van der Waals surface area contributed by atoms with Crippen LogP contribution in [0.5, 0.6) is 0 Å². The molecule has 6 heteroatoms. The number of amides is 1. The van der Waals surface area contributed by atoms with Gasteiger partial charge in [0.15, 0.2) is 0 Å². The van der Waals surface area contributed by atoms with Gasteiger partial charge in [0.2, 0.25) is 0 Å². The molecule has 1 atom stereocenters. The molecule has 0 heterocycles. The Hall–Kier alpha value is -1.97. The number of aliphatic hydroxyl groups is 1. The summed E-state index contributed by atoms with van der Waals surface area (Å²) in [5, 5.41) is 23.0. The lowest BCUT2D eigenvalue weighted by Crippen LogP contribution is -2.48. The second-order valence-corrected chi connectivity index (χ2v) is 6.50. The second kappa shape index (κ2) is 8.61. The number of nitrogens with one attached hydrogen (secondary N) is 1. The third kappa shape index (κ3) is 7.22. The lowest BCUT2D eigenvalue weighted by Gasteiger charge is -2.19. The quantitative estimate of drug-likeness (QED) is 0.736. The Labute approximate surface area is 140 Å². The molecule has 1 rings (SSSR count). The molecule has 0 spiro atoms. The molecule has 0 radical (unpaired) electrons. The van der Waals surface area contributed by atoms with E-state index < -0.39 is 23.5 Å². The van der Waals surface area contributed by atoms with E-state index in [1.807, 2.05) is 6.26 Å². The van der Waals surface area contributed by atoms with Crippen LogP contribution in [0.4, 0.5) is 0 Å². The van der Waals surface area contributed by atoms with Gasteiger partial charge in [0.1, 0.15) is 5.60 Å². The molecule has 1 aromatic rings. The summed E-state index contributed by atoms with van der Waals surface area (Å²) in [4.78, 5) is 23.1. The maximum Gasteiger partial charge on any atom is 0.251 e. The molecule has 0 saturated heterocycles. The van der Waals surface area contributed by atoms with Crippen molar-refractivity contribution in [3.63, 3.8) is 0 Å². The highest BCUT2D eigenvalue weighted by Crippen LogP contribution is 2.07. The zero-order valence-electron chi connectivity index (χ0n) is 13.4. The fourth-order valence-electron chi connectivity index (χ4n) is 1.66. The van der Waals surface area contributed by atoms with E-state index in [0.29, 0.717) is 23.3 Å². The highest BCUT2D eigenvalue weighted by atomic mass is 32.2. The van der Waals surface area contributed by atoms with E-state index >= 15 is 0 Å². The first kappa shape index (κ1) is 19.1. The van der Waals surface area contributed by atoms with E-state index in [1.54, 1.807) is 38.1 Å². The summed E-state index contributed by atoms with van der Waals surface area (Å²) >= 11 is 1.50. The van der Waals surface area contributed by atoms with Crippen LogP contribution in [-0.2, 0) is 4.79 Å². The summed E-state index contributed by atoms with van der Waals surface area (Å²) in [5.41, 5.74) is -0.0913. The van der Waals surface area contributed by atoms with Crippen LogP contribution in [0.1, 0.15) is 36.2 Å². The highest BCUT2D eigenvalue weighted by Gasteiger charge is 2.14. The number of thioether (sulfide) groups is 1.